The van der Waals surface area contributed by atoms with Crippen LogP contribution in [0.25, 0.3) is 6.08 Å². The summed E-state index contributed by atoms with van der Waals surface area (Å²) in [5.41, 5.74) is 1.56. The predicted molar refractivity (Wildman–Crippen MR) is 50.8 cm³/mol. The summed E-state index contributed by atoms with van der Waals surface area (Å²) in [4.78, 5) is 0. The molecule has 0 aromatic carbocycles. The first-order valence-corrected chi connectivity index (χ1v) is 3.87. The first kappa shape index (κ1) is 10.6. The molecule has 0 saturated carbocycles. The van der Waals surface area contributed by atoms with E-state index in [2.05, 4.69) is 27.3 Å². The van der Waals surface area contributed by atoms with Crippen molar-refractivity contribution >= 4 is 11.8 Å². The number of nitrogens with zero attached hydrogens (tertiary/aromatic N) is 3. The molecule has 0 amide bonds. The fourth-order valence-corrected chi connectivity index (χ4v) is 0.621. The van der Waals surface area contributed by atoms with Gasteiger partial charge < -0.3 is 5.32 Å². The van der Waals surface area contributed by atoms with E-state index in [4.69, 9.17) is 0 Å². The number of rotatable bonds is 2. The van der Waals surface area contributed by atoms with E-state index in [0.29, 0.717) is 0 Å². The maximum Gasteiger partial charge on any atom is 0.112 e. The van der Waals surface area contributed by atoms with E-state index >= 15 is 0 Å². The largest absolute Gasteiger partial charge is 0.385 e. The van der Waals surface area contributed by atoms with Crippen molar-refractivity contribution in [2.45, 2.75) is 13.8 Å². The van der Waals surface area contributed by atoms with Crippen LogP contribution in [-0.2, 0) is 0 Å². The lowest BCUT2D eigenvalue weighted by molar-refractivity contribution is 0.859. The van der Waals surface area contributed by atoms with Crippen molar-refractivity contribution in [1.82, 2.24) is 15.4 Å². The average Bonchev–Trinajstić information content (AvgIpc) is 2.20. The molecule has 66 valence electrons. The van der Waals surface area contributed by atoms with Gasteiger partial charge in [-0.05, 0) is 11.3 Å². The molecule has 0 bridgehead atoms. The van der Waals surface area contributed by atoms with Crippen LogP contribution in [0.3, 0.4) is 0 Å². The van der Waals surface area contributed by atoms with Crippen molar-refractivity contribution in [3.8, 4) is 0 Å². The monoisotopic (exact) mass is 166 g/mol. The van der Waals surface area contributed by atoms with Crippen molar-refractivity contribution in [1.29, 1.82) is 0 Å². The first-order valence-electron chi connectivity index (χ1n) is 3.87. The highest BCUT2D eigenvalue weighted by Gasteiger charge is 1.95. The molecular weight excluding hydrogens is 152 g/mol. The standard InChI is InChI=1S/C6H8N4.C2H6/c1-3-5-6(7-2)4-8-10-9-5;1-2/h3-4H,1H2,2H3,(H,7,10);1-2H3. The molecule has 0 fully saturated rings. The highest BCUT2D eigenvalue weighted by Crippen LogP contribution is 2.08. The van der Waals surface area contributed by atoms with E-state index in [-0.39, 0.29) is 0 Å². The smallest absolute Gasteiger partial charge is 0.112 e. The van der Waals surface area contributed by atoms with Crippen LogP contribution >= 0.6 is 0 Å². The topological polar surface area (TPSA) is 50.7 Å². The fourth-order valence-electron chi connectivity index (χ4n) is 0.621. The highest BCUT2D eigenvalue weighted by molar-refractivity contribution is 5.59. The van der Waals surface area contributed by atoms with Crippen LogP contribution in [-0.4, -0.2) is 22.5 Å². The Balaban J connectivity index is 0.000000561. The maximum absolute atomic E-state index is 3.73. The second-order valence-electron chi connectivity index (χ2n) is 1.69. The molecule has 1 heterocycles. The number of aromatic nitrogens is 3. The van der Waals surface area contributed by atoms with E-state index in [0.717, 1.165) is 11.4 Å². The second-order valence-corrected chi connectivity index (χ2v) is 1.69. The summed E-state index contributed by atoms with van der Waals surface area (Å²) in [5.74, 6) is 0. The van der Waals surface area contributed by atoms with E-state index in [9.17, 15) is 0 Å². The van der Waals surface area contributed by atoms with E-state index in [1.165, 1.54) is 0 Å². The van der Waals surface area contributed by atoms with Crippen LogP contribution in [0.2, 0.25) is 0 Å². The number of anilines is 1. The van der Waals surface area contributed by atoms with Crippen LogP contribution in [0.1, 0.15) is 19.5 Å². The molecule has 0 saturated heterocycles. The zero-order valence-corrected chi connectivity index (χ0v) is 7.70. The molecule has 0 atom stereocenters. The van der Waals surface area contributed by atoms with E-state index in [1.54, 1.807) is 19.3 Å². The normalized spacial score (nSPS) is 7.92. The number of nitrogens with one attached hydrogen (secondary N) is 1. The van der Waals surface area contributed by atoms with Gasteiger partial charge in [-0.25, -0.2) is 0 Å². The third-order valence-corrected chi connectivity index (χ3v) is 1.13. The Bertz CT molecular complexity index is 234. The van der Waals surface area contributed by atoms with Gasteiger partial charge in [0.1, 0.15) is 5.69 Å². The Morgan fingerprint density at radius 1 is 1.50 bits per heavy atom. The summed E-state index contributed by atoms with van der Waals surface area (Å²) in [7, 11) is 1.80. The quantitative estimate of drug-likeness (QED) is 0.724. The van der Waals surface area contributed by atoms with Gasteiger partial charge in [-0.15, -0.1) is 10.2 Å². The van der Waals surface area contributed by atoms with Gasteiger partial charge in [0.2, 0.25) is 0 Å². The van der Waals surface area contributed by atoms with Crippen LogP contribution in [0.15, 0.2) is 12.8 Å². The van der Waals surface area contributed by atoms with E-state index < -0.39 is 0 Å². The van der Waals surface area contributed by atoms with Gasteiger partial charge in [-0.1, -0.05) is 20.4 Å². The molecule has 0 radical (unpaired) electrons. The second kappa shape index (κ2) is 6.27. The van der Waals surface area contributed by atoms with Crippen LogP contribution in [0.4, 0.5) is 5.69 Å². The third-order valence-electron chi connectivity index (χ3n) is 1.13. The summed E-state index contributed by atoms with van der Waals surface area (Å²) < 4.78 is 0. The Kier molecular flexibility index (Phi) is 5.51. The SMILES string of the molecule is C=Cc1nnncc1NC.CC. The van der Waals surface area contributed by atoms with Crippen molar-refractivity contribution in [2.24, 2.45) is 0 Å². The van der Waals surface area contributed by atoms with Crippen LogP contribution in [0, 0.1) is 0 Å². The molecular formula is C8H14N4. The van der Waals surface area contributed by atoms with Gasteiger partial charge in [0, 0.05) is 7.05 Å². The van der Waals surface area contributed by atoms with Gasteiger partial charge in [-0.2, -0.15) is 0 Å². The zero-order chi connectivity index (χ0) is 9.40. The van der Waals surface area contributed by atoms with Crippen molar-refractivity contribution in [2.75, 3.05) is 12.4 Å². The van der Waals surface area contributed by atoms with E-state index in [1.807, 2.05) is 13.8 Å². The summed E-state index contributed by atoms with van der Waals surface area (Å²) in [6.07, 6.45) is 3.23. The summed E-state index contributed by atoms with van der Waals surface area (Å²) >= 11 is 0. The molecule has 12 heavy (non-hydrogen) atoms. The third kappa shape index (κ3) is 2.65. The van der Waals surface area contributed by atoms with Gasteiger partial charge in [-0.3, -0.25) is 0 Å². The molecule has 1 aromatic heterocycles. The Labute approximate surface area is 72.7 Å². The summed E-state index contributed by atoms with van der Waals surface area (Å²) in [6.45, 7) is 7.57. The van der Waals surface area contributed by atoms with Crippen molar-refractivity contribution < 1.29 is 0 Å². The molecule has 0 aliphatic carbocycles. The Morgan fingerprint density at radius 2 is 2.17 bits per heavy atom. The van der Waals surface area contributed by atoms with Gasteiger partial charge in [0.25, 0.3) is 0 Å². The lowest BCUT2D eigenvalue weighted by Gasteiger charge is -1.98. The minimum Gasteiger partial charge on any atom is -0.385 e. The van der Waals surface area contributed by atoms with Crippen molar-refractivity contribution in [3.05, 3.63) is 18.5 Å². The lowest BCUT2D eigenvalue weighted by Crippen LogP contribution is -1.97. The molecule has 0 aliphatic heterocycles. The molecule has 1 rings (SSSR count). The van der Waals surface area contributed by atoms with Crippen molar-refractivity contribution in [3.63, 3.8) is 0 Å². The molecule has 4 heteroatoms. The molecule has 0 spiro atoms. The van der Waals surface area contributed by atoms with Crippen LogP contribution < -0.4 is 5.32 Å². The summed E-state index contributed by atoms with van der Waals surface area (Å²) in [5, 5.41) is 13.7. The van der Waals surface area contributed by atoms with Gasteiger partial charge in [0.05, 0.1) is 11.9 Å². The fraction of sp³-hybridized carbons (Fsp3) is 0.375. The molecule has 4 nitrogen and oxygen atoms in total. The molecule has 1 N–H and O–H groups in total. The minimum atomic E-state index is 0.720. The summed E-state index contributed by atoms with van der Waals surface area (Å²) in [6, 6.07) is 0. The molecule has 0 aliphatic rings. The number of hydrogen-bond donors (Lipinski definition) is 1. The minimum absolute atomic E-state index is 0.720. The molecule has 0 unspecified atom stereocenters. The predicted octanol–water partition coefficient (Wildman–Crippen LogP) is 1.58. The highest BCUT2D eigenvalue weighted by atomic mass is 15.3. The zero-order valence-electron chi connectivity index (χ0n) is 7.70. The molecule has 1 aromatic rings. The Morgan fingerprint density at radius 3 is 2.58 bits per heavy atom. The Hall–Kier alpha value is -1.45. The number of hydrogen-bond acceptors (Lipinski definition) is 4. The van der Waals surface area contributed by atoms with Gasteiger partial charge in [0.15, 0.2) is 0 Å². The van der Waals surface area contributed by atoms with Crippen LogP contribution in [0.5, 0.6) is 0 Å². The van der Waals surface area contributed by atoms with Gasteiger partial charge >= 0.3 is 0 Å². The first-order chi connectivity index (χ1) is 5.88. The lowest BCUT2D eigenvalue weighted by atomic mass is 10.3. The maximum atomic E-state index is 3.73. The average molecular weight is 166 g/mol.